The van der Waals surface area contributed by atoms with Crippen molar-refractivity contribution in [2.24, 2.45) is 0 Å². The first-order chi connectivity index (χ1) is 13.2. The van der Waals surface area contributed by atoms with Crippen molar-refractivity contribution >= 4 is 28.8 Å². The molecule has 27 heavy (non-hydrogen) atoms. The molecule has 1 atom stereocenters. The number of methoxy groups -OCH3 is 1. The van der Waals surface area contributed by atoms with E-state index in [-0.39, 0.29) is 11.8 Å². The fourth-order valence-electron chi connectivity index (χ4n) is 3.28. The van der Waals surface area contributed by atoms with Crippen LogP contribution in [0.3, 0.4) is 0 Å². The number of aromatic nitrogens is 2. The van der Waals surface area contributed by atoms with Crippen molar-refractivity contribution in [3.63, 3.8) is 0 Å². The van der Waals surface area contributed by atoms with Crippen molar-refractivity contribution in [2.75, 3.05) is 20.2 Å². The monoisotopic (exact) mass is 403 g/mol. The number of piperidine rings is 1. The quantitative estimate of drug-likeness (QED) is 0.642. The minimum Gasteiger partial charge on any atom is -0.496 e. The van der Waals surface area contributed by atoms with E-state index in [0.29, 0.717) is 41.2 Å². The molecule has 4 rings (SSSR count). The lowest BCUT2D eigenvalue weighted by Crippen LogP contribution is -2.39. The number of carbonyl (C=O) groups excluding carboxylic acids is 1. The second-order valence-corrected chi connectivity index (χ2v) is 7.61. The van der Waals surface area contributed by atoms with Crippen LogP contribution in [0.25, 0.3) is 11.5 Å². The molecule has 1 saturated heterocycles. The Morgan fingerprint density at radius 3 is 3.04 bits per heavy atom. The van der Waals surface area contributed by atoms with Gasteiger partial charge >= 0.3 is 0 Å². The number of amides is 1. The Bertz CT molecular complexity index is 942. The van der Waals surface area contributed by atoms with Gasteiger partial charge in [0.2, 0.25) is 11.8 Å². The zero-order valence-corrected chi connectivity index (χ0v) is 16.3. The fourth-order valence-corrected chi connectivity index (χ4v) is 4.09. The first-order valence-electron chi connectivity index (χ1n) is 8.64. The average molecular weight is 404 g/mol. The van der Waals surface area contributed by atoms with Crippen LogP contribution >= 0.6 is 22.9 Å². The Hall–Kier alpha value is -2.38. The molecular formula is C19H18ClN3O3S. The van der Waals surface area contributed by atoms with Crippen molar-refractivity contribution in [2.45, 2.75) is 18.8 Å². The summed E-state index contributed by atoms with van der Waals surface area (Å²) >= 11 is 7.66. The van der Waals surface area contributed by atoms with Crippen molar-refractivity contribution in [1.29, 1.82) is 0 Å². The van der Waals surface area contributed by atoms with Gasteiger partial charge in [-0.25, -0.2) is 0 Å². The molecule has 3 aromatic rings. The summed E-state index contributed by atoms with van der Waals surface area (Å²) in [4.78, 5) is 14.8. The van der Waals surface area contributed by atoms with Gasteiger partial charge in [0, 0.05) is 29.1 Å². The topological polar surface area (TPSA) is 68.5 Å². The Balaban J connectivity index is 1.53. The van der Waals surface area contributed by atoms with Gasteiger partial charge in [-0.15, -0.1) is 10.2 Å². The Kier molecular flexibility index (Phi) is 5.13. The first kappa shape index (κ1) is 18.0. The standard InChI is InChI=1S/C19H18ClN3O3S/c1-25-16-5-4-14(20)9-15(16)19(24)23-7-2-3-12(10-23)17-21-22-18(26-17)13-6-8-27-11-13/h4-6,8-9,11-12H,2-3,7,10H2,1H3. The van der Waals surface area contributed by atoms with E-state index in [9.17, 15) is 4.79 Å². The predicted molar refractivity (Wildman–Crippen MR) is 103 cm³/mol. The van der Waals surface area contributed by atoms with E-state index in [1.54, 1.807) is 41.5 Å². The van der Waals surface area contributed by atoms with Crippen LogP contribution in [0, 0.1) is 0 Å². The van der Waals surface area contributed by atoms with E-state index >= 15 is 0 Å². The second-order valence-electron chi connectivity index (χ2n) is 6.39. The van der Waals surface area contributed by atoms with Crippen LogP contribution in [-0.2, 0) is 0 Å². The minimum atomic E-state index is -0.100. The molecule has 6 nitrogen and oxygen atoms in total. The molecule has 1 aliphatic heterocycles. The summed E-state index contributed by atoms with van der Waals surface area (Å²) in [6, 6.07) is 7.01. The van der Waals surface area contributed by atoms with Gasteiger partial charge in [-0.3, -0.25) is 4.79 Å². The smallest absolute Gasteiger partial charge is 0.257 e. The largest absolute Gasteiger partial charge is 0.496 e. The number of likely N-dealkylation sites (tertiary alicyclic amines) is 1. The van der Waals surface area contributed by atoms with E-state index in [1.807, 2.05) is 16.8 Å². The van der Waals surface area contributed by atoms with Gasteiger partial charge in [0.25, 0.3) is 5.91 Å². The zero-order valence-electron chi connectivity index (χ0n) is 14.7. The van der Waals surface area contributed by atoms with Crippen LogP contribution < -0.4 is 4.74 Å². The van der Waals surface area contributed by atoms with Gasteiger partial charge < -0.3 is 14.1 Å². The van der Waals surface area contributed by atoms with Gasteiger partial charge in [0.15, 0.2) is 0 Å². The van der Waals surface area contributed by atoms with Crippen LogP contribution in [0.5, 0.6) is 5.75 Å². The third-order valence-electron chi connectivity index (χ3n) is 4.66. The zero-order chi connectivity index (χ0) is 18.8. The van der Waals surface area contributed by atoms with Gasteiger partial charge in [-0.05, 0) is 42.5 Å². The number of hydrogen-bond donors (Lipinski definition) is 0. The molecule has 0 aliphatic carbocycles. The number of nitrogens with zero attached hydrogens (tertiary/aromatic N) is 3. The molecule has 1 amide bonds. The molecule has 0 bridgehead atoms. The third kappa shape index (κ3) is 3.70. The minimum absolute atomic E-state index is 0.0211. The molecule has 140 valence electrons. The molecule has 0 N–H and O–H groups in total. The highest BCUT2D eigenvalue weighted by Gasteiger charge is 2.30. The summed E-state index contributed by atoms with van der Waals surface area (Å²) in [5.41, 5.74) is 1.39. The number of thiophene rings is 1. The predicted octanol–water partition coefficient (Wildman–Crippen LogP) is 4.48. The van der Waals surface area contributed by atoms with Crippen LogP contribution in [0.1, 0.15) is 35.0 Å². The van der Waals surface area contributed by atoms with Crippen LogP contribution in [0.4, 0.5) is 0 Å². The average Bonchev–Trinajstić information content (AvgIpc) is 3.39. The number of halogens is 1. The molecule has 1 aliphatic rings. The summed E-state index contributed by atoms with van der Waals surface area (Å²) in [6.45, 7) is 1.20. The summed E-state index contributed by atoms with van der Waals surface area (Å²) < 4.78 is 11.2. The maximum Gasteiger partial charge on any atom is 0.257 e. The molecular weight excluding hydrogens is 386 g/mol. The number of rotatable bonds is 4. The SMILES string of the molecule is COc1ccc(Cl)cc1C(=O)N1CCCC(c2nnc(-c3ccsc3)o2)C1. The maximum atomic E-state index is 13.0. The molecule has 1 fully saturated rings. The Morgan fingerprint density at radius 2 is 2.26 bits per heavy atom. The highest BCUT2D eigenvalue weighted by Crippen LogP contribution is 2.31. The van der Waals surface area contributed by atoms with Gasteiger partial charge in [-0.2, -0.15) is 11.3 Å². The maximum absolute atomic E-state index is 13.0. The number of benzene rings is 1. The van der Waals surface area contributed by atoms with E-state index in [0.717, 1.165) is 18.4 Å². The Morgan fingerprint density at radius 1 is 1.37 bits per heavy atom. The lowest BCUT2D eigenvalue weighted by Gasteiger charge is -2.31. The first-order valence-corrected chi connectivity index (χ1v) is 9.96. The Labute approximate surface area is 165 Å². The van der Waals surface area contributed by atoms with E-state index in [4.69, 9.17) is 20.8 Å². The van der Waals surface area contributed by atoms with Crippen molar-refractivity contribution in [3.8, 4) is 17.2 Å². The van der Waals surface area contributed by atoms with Crippen molar-refractivity contribution < 1.29 is 13.9 Å². The number of hydrogen-bond acceptors (Lipinski definition) is 6. The van der Waals surface area contributed by atoms with Gasteiger partial charge in [0.1, 0.15) is 5.75 Å². The van der Waals surface area contributed by atoms with E-state index in [1.165, 1.54) is 0 Å². The molecule has 2 aromatic heterocycles. The fraction of sp³-hybridized carbons (Fsp3) is 0.316. The van der Waals surface area contributed by atoms with E-state index < -0.39 is 0 Å². The van der Waals surface area contributed by atoms with Crippen molar-refractivity contribution in [3.05, 3.63) is 51.5 Å². The molecule has 3 heterocycles. The van der Waals surface area contributed by atoms with Crippen LogP contribution in [-0.4, -0.2) is 41.2 Å². The van der Waals surface area contributed by atoms with E-state index in [2.05, 4.69) is 10.2 Å². The van der Waals surface area contributed by atoms with Crippen molar-refractivity contribution in [1.82, 2.24) is 15.1 Å². The van der Waals surface area contributed by atoms with Crippen LogP contribution in [0.2, 0.25) is 5.02 Å². The molecule has 0 radical (unpaired) electrons. The second kappa shape index (κ2) is 7.70. The summed E-state index contributed by atoms with van der Waals surface area (Å²) in [5.74, 6) is 1.53. The molecule has 8 heteroatoms. The third-order valence-corrected chi connectivity index (χ3v) is 5.58. The highest BCUT2D eigenvalue weighted by atomic mass is 35.5. The van der Waals surface area contributed by atoms with Crippen LogP contribution in [0.15, 0.2) is 39.4 Å². The lowest BCUT2D eigenvalue weighted by molar-refractivity contribution is 0.0695. The number of ether oxygens (including phenoxy) is 1. The highest BCUT2D eigenvalue weighted by molar-refractivity contribution is 7.08. The molecule has 0 saturated carbocycles. The number of carbonyl (C=O) groups is 1. The summed E-state index contributed by atoms with van der Waals surface area (Å²) in [7, 11) is 1.55. The summed E-state index contributed by atoms with van der Waals surface area (Å²) in [6.07, 6.45) is 1.77. The van der Waals surface area contributed by atoms with Gasteiger partial charge in [0.05, 0.1) is 18.6 Å². The molecule has 0 spiro atoms. The molecule has 1 unspecified atom stereocenters. The normalized spacial score (nSPS) is 17.1. The van der Waals surface area contributed by atoms with Gasteiger partial charge in [-0.1, -0.05) is 11.6 Å². The molecule has 1 aromatic carbocycles. The lowest BCUT2D eigenvalue weighted by atomic mass is 9.97. The summed E-state index contributed by atoms with van der Waals surface area (Å²) in [5, 5.41) is 12.8.